The summed E-state index contributed by atoms with van der Waals surface area (Å²) in [5.74, 6) is 0.568. The van der Waals surface area contributed by atoms with Crippen LogP contribution in [-0.4, -0.2) is 10.8 Å². The zero-order chi connectivity index (χ0) is 16.5. The topological polar surface area (TPSA) is 20.3 Å². The largest absolute Gasteiger partial charge is 0.331 e. The minimum atomic E-state index is 0.207. The first kappa shape index (κ1) is 15.7. The van der Waals surface area contributed by atoms with Crippen molar-refractivity contribution in [3.8, 4) is 0 Å². The Balaban J connectivity index is 1.65. The lowest BCUT2D eigenvalue weighted by Gasteiger charge is -2.36. The highest BCUT2D eigenvalue weighted by Crippen LogP contribution is 2.39. The van der Waals surface area contributed by atoms with E-state index in [1.165, 1.54) is 11.1 Å². The fourth-order valence-electron chi connectivity index (χ4n) is 3.75. The van der Waals surface area contributed by atoms with E-state index in [9.17, 15) is 4.79 Å². The van der Waals surface area contributed by atoms with E-state index in [0.29, 0.717) is 12.5 Å². The number of amides is 1. The number of carbonyl (C=O) groups is 1. The van der Waals surface area contributed by atoms with Gasteiger partial charge in [-0.3, -0.25) is 4.79 Å². The van der Waals surface area contributed by atoms with Crippen molar-refractivity contribution >= 4 is 17.5 Å². The van der Waals surface area contributed by atoms with Gasteiger partial charge >= 0.3 is 0 Å². The second-order valence-electron chi connectivity index (χ2n) is 6.97. The number of aryl methyl sites for hydroxylation is 1. The van der Waals surface area contributed by atoms with Gasteiger partial charge in [0.25, 0.3) is 0 Å². The lowest BCUT2D eigenvalue weighted by atomic mass is 9.86. The molecule has 4 rings (SSSR count). The van der Waals surface area contributed by atoms with Gasteiger partial charge in [-0.15, -0.1) is 0 Å². The normalized spacial score (nSPS) is 19.6. The molecule has 1 atom stereocenters. The van der Waals surface area contributed by atoms with Gasteiger partial charge in [-0.2, -0.15) is 0 Å². The van der Waals surface area contributed by atoms with E-state index in [4.69, 9.17) is 11.6 Å². The first-order valence-corrected chi connectivity index (χ1v) is 9.23. The molecule has 2 aromatic rings. The van der Waals surface area contributed by atoms with Crippen molar-refractivity contribution < 1.29 is 4.79 Å². The Morgan fingerprint density at radius 3 is 2.54 bits per heavy atom. The van der Waals surface area contributed by atoms with Crippen molar-refractivity contribution in [3.05, 3.63) is 70.2 Å². The highest BCUT2D eigenvalue weighted by atomic mass is 35.5. The van der Waals surface area contributed by atoms with Crippen LogP contribution in [0.3, 0.4) is 0 Å². The van der Waals surface area contributed by atoms with Crippen LogP contribution in [0, 0.1) is 5.92 Å². The second-order valence-corrected chi connectivity index (χ2v) is 7.41. The molecule has 0 aliphatic heterocycles. The molecule has 0 bridgehead atoms. The summed E-state index contributed by atoms with van der Waals surface area (Å²) in [6.45, 7) is 0.672. The molecule has 0 saturated heterocycles. The van der Waals surface area contributed by atoms with E-state index in [0.717, 1.165) is 42.7 Å². The van der Waals surface area contributed by atoms with Crippen molar-refractivity contribution in [2.45, 2.75) is 44.7 Å². The number of benzene rings is 2. The average molecular weight is 340 g/mol. The highest BCUT2D eigenvalue weighted by molar-refractivity contribution is 6.30. The molecule has 0 aromatic heterocycles. The van der Waals surface area contributed by atoms with Gasteiger partial charge in [0.1, 0.15) is 0 Å². The van der Waals surface area contributed by atoms with Gasteiger partial charge in [0, 0.05) is 17.5 Å². The van der Waals surface area contributed by atoms with Crippen molar-refractivity contribution in [2.75, 3.05) is 0 Å². The summed E-state index contributed by atoms with van der Waals surface area (Å²) in [5.41, 5.74) is 3.89. The third-order valence-electron chi connectivity index (χ3n) is 5.19. The standard InChI is InChI=1S/C21H22ClNO/c22-18-12-8-15(9-13-18)14-23(21(24)17-10-11-17)20-7-3-5-16-4-1-2-6-19(16)20/h1-2,4,6,8-9,12-13,17,20H,3,5,7,10-11,14H2. The molecule has 1 amide bonds. The molecule has 1 saturated carbocycles. The highest BCUT2D eigenvalue weighted by Gasteiger charge is 2.37. The summed E-state index contributed by atoms with van der Waals surface area (Å²) in [6, 6.07) is 16.7. The second kappa shape index (κ2) is 6.60. The molecule has 24 heavy (non-hydrogen) atoms. The predicted molar refractivity (Wildman–Crippen MR) is 96.8 cm³/mol. The van der Waals surface area contributed by atoms with E-state index in [-0.39, 0.29) is 12.0 Å². The van der Waals surface area contributed by atoms with Crippen LogP contribution < -0.4 is 0 Å². The van der Waals surface area contributed by atoms with Crippen LogP contribution in [0.1, 0.15) is 48.4 Å². The zero-order valence-corrected chi connectivity index (χ0v) is 14.5. The number of hydrogen-bond donors (Lipinski definition) is 0. The Hall–Kier alpha value is -1.80. The average Bonchev–Trinajstić information content (AvgIpc) is 3.45. The van der Waals surface area contributed by atoms with Crippen LogP contribution in [0.15, 0.2) is 48.5 Å². The van der Waals surface area contributed by atoms with Crippen LogP contribution in [0.25, 0.3) is 0 Å². The molecule has 2 nitrogen and oxygen atoms in total. The first-order valence-electron chi connectivity index (χ1n) is 8.85. The Morgan fingerprint density at radius 1 is 1.04 bits per heavy atom. The van der Waals surface area contributed by atoms with Gasteiger partial charge in [-0.05, 0) is 60.9 Å². The van der Waals surface area contributed by atoms with Crippen molar-refractivity contribution in [1.29, 1.82) is 0 Å². The quantitative estimate of drug-likeness (QED) is 0.753. The molecule has 1 fully saturated rings. The van der Waals surface area contributed by atoms with Crippen LogP contribution in [0.5, 0.6) is 0 Å². The number of rotatable bonds is 4. The molecule has 124 valence electrons. The predicted octanol–water partition coefficient (Wildman–Crippen LogP) is 5.16. The zero-order valence-electron chi connectivity index (χ0n) is 13.7. The summed E-state index contributed by atoms with van der Waals surface area (Å²) in [5, 5.41) is 0.738. The smallest absolute Gasteiger partial charge is 0.226 e. The fraction of sp³-hybridized carbons (Fsp3) is 0.381. The number of nitrogens with zero attached hydrogens (tertiary/aromatic N) is 1. The molecule has 0 radical (unpaired) electrons. The van der Waals surface area contributed by atoms with Gasteiger partial charge in [-0.25, -0.2) is 0 Å². The molecule has 0 N–H and O–H groups in total. The third-order valence-corrected chi connectivity index (χ3v) is 5.44. The first-order chi connectivity index (χ1) is 11.7. The van der Waals surface area contributed by atoms with Crippen LogP contribution >= 0.6 is 11.6 Å². The Labute approximate surface area is 148 Å². The van der Waals surface area contributed by atoms with E-state index >= 15 is 0 Å². The summed E-state index contributed by atoms with van der Waals surface area (Å²) in [6.07, 6.45) is 5.42. The van der Waals surface area contributed by atoms with Crippen LogP contribution in [0.2, 0.25) is 5.02 Å². The van der Waals surface area contributed by atoms with Crippen molar-refractivity contribution in [2.24, 2.45) is 5.92 Å². The van der Waals surface area contributed by atoms with E-state index in [1.807, 2.05) is 24.3 Å². The molecule has 2 aliphatic rings. The van der Waals surface area contributed by atoms with Gasteiger partial charge < -0.3 is 4.90 Å². The molecule has 2 aromatic carbocycles. The van der Waals surface area contributed by atoms with E-state index in [1.54, 1.807) is 0 Å². The summed E-state index contributed by atoms with van der Waals surface area (Å²) >= 11 is 6.01. The Morgan fingerprint density at radius 2 is 1.79 bits per heavy atom. The number of halogens is 1. The summed E-state index contributed by atoms with van der Waals surface area (Å²) in [7, 11) is 0. The maximum atomic E-state index is 13.0. The van der Waals surface area contributed by atoms with Crippen LogP contribution in [0.4, 0.5) is 0 Å². The monoisotopic (exact) mass is 339 g/mol. The summed E-state index contributed by atoms with van der Waals surface area (Å²) < 4.78 is 0. The van der Waals surface area contributed by atoms with Gasteiger partial charge in [0.05, 0.1) is 6.04 Å². The molecular weight excluding hydrogens is 318 g/mol. The molecular formula is C21H22ClNO. The van der Waals surface area contributed by atoms with Gasteiger partial charge in [0.2, 0.25) is 5.91 Å². The number of fused-ring (bicyclic) bond motifs is 1. The fourth-order valence-corrected chi connectivity index (χ4v) is 3.87. The third kappa shape index (κ3) is 3.21. The van der Waals surface area contributed by atoms with Crippen LogP contribution in [-0.2, 0) is 17.8 Å². The van der Waals surface area contributed by atoms with E-state index < -0.39 is 0 Å². The maximum Gasteiger partial charge on any atom is 0.226 e. The Bertz CT molecular complexity index is 736. The van der Waals surface area contributed by atoms with Gasteiger partial charge in [-0.1, -0.05) is 48.0 Å². The number of carbonyl (C=O) groups excluding carboxylic acids is 1. The summed E-state index contributed by atoms with van der Waals surface area (Å²) in [4.78, 5) is 15.1. The van der Waals surface area contributed by atoms with Gasteiger partial charge in [0.15, 0.2) is 0 Å². The minimum absolute atomic E-state index is 0.207. The number of hydrogen-bond acceptors (Lipinski definition) is 1. The maximum absolute atomic E-state index is 13.0. The van der Waals surface area contributed by atoms with Crippen molar-refractivity contribution in [3.63, 3.8) is 0 Å². The molecule has 2 aliphatic carbocycles. The minimum Gasteiger partial charge on any atom is -0.331 e. The van der Waals surface area contributed by atoms with Crippen molar-refractivity contribution in [1.82, 2.24) is 4.90 Å². The Kier molecular flexibility index (Phi) is 4.32. The molecule has 0 heterocycles. The lowest BCUT2D eigenvalue weighted by molar-refractivity contribution is -0.136. The van der Waals surface area contributed by atoms with E-state index in [2.05, 4.69) is 29.2 Å². The lowest BCUT2D eigenvalue weighted by Crippen LogP contribution is -2.37. The molecule has 1 unspecified atom stereocenters. The SMILES string of the molecule is O=C(C1CC1)N(Cc1ccc(Cl)cc1)C1CCCc2ccccc21. The molecule has 0 spiro atoms. The molecule has 3 heteroatoms.